The summed E-state index contributed by atoms with van der Waals surface area (Å²) >= 11 is 0. The van der Waals surface area contributed by atoms with E-state index in [9.17, 15) is 22.0 Å². The number of rotatable bonds is 3. The standard InChI is InChI=1S/C19H13F6N5O/c20-17(5-1-2-6-17)13-7-11(18(21,22)19(23,24)25)10-3-4-14-27-12(16-29-26-9-31-16)8-30(14)15(10)28-13/h3-4,7-9H,1-2,5-6H2. The average Bonchev–Trinajstić information content (AvgIpc) is 3.46. The molecule has 0 saturated heterocycles. The van der Waals surface area contributed by atoms with Crippen LogP contribution < -0.4 is 0 Å². The van der Waals surface area contributed by atoms with Gasteiger partial charge in [-0.15, -0.1) is 10.2 Å². The highest BCUT2D eigenvalue weighted by Crippen LogP contribution is 2.49. The fraction of sp³-hybridized carbons (Fsp3) is 0.368. The maximum Gasteiger partial charge on any atom is 0.458 e. The van der Waals surface area contributed by atoms with Gasteiger partial charge in [0.1, 0.15) is 17.0 Å². The Morgan fingerprint density at radius 1 is 1.03 bits per heavy atom. The Morgan fingerprint density at radius 3 is 2.42 bits per heavy atom. The Morgan fingerprint density at radius 2 is 1.77 bits per heavy atom. The highest BCUT2D eigenvalue weighted by Gasteiger charge is 2.60. The van der Waals surface area contributed by atoms with Crippen LogP contribution in [-0.4, -0.2) is 30.7 Å². The van der Waals surface area contributed by atoms with Crippen molar-refractivity contribution in [1.82, 2.24) is 24.6 Å². The van der Waals surface area contributed by atoms with E-state index in [4.69, 9.17) is 4.42 Å². The molecule has 0 bridgehead atoms. The van der Waals surface area contributed by atoms with Gasteiger partial charge in [-0.2, -0.15) is 22.0 Å². The van der Waals surface area contributed by atoms with Gasteiger partial charge in [-0.3, -0.25) is 4.40 Å². The van der Waals surface area contributed by atoms with Crippen LogP contribution in [0.5, 0.6) is 0 Å². The summed E-state index contributed by atoms with van der Waals surface area (Å²) < 4.78 is 90.4. The number of pyridine rings is 2. The Kier molecular flexibility index (Phi) is 4.09. The van der Waals surface area contributed by atoms with Crippen molar-refractivity contribution in [2.24, 2.45) is 0 Å². The number of aromatic nitrogens is 5. The zero-order valence-electron chi connectivity index (χ0n) is 15.6. The lowest BCUT2D eigenvalue weighted by Crippen LogP contribution is -2.34. The first-order chi connectivity index (χ1) is 14.6. The van der Waals surface area contributed by atoms with E-state index < -0.39 is 34.4 Å². The van der Waals surface area contributed by atoms with Crippen LogP contribution in [0.1, 0.15) is 36.9 Å². The molecule has 1 aliphatic rings. The molecule has 31 heavy (non-hydrogen) atoms. The zero-order chi connectivity index (χ0) is 22.0. The van der Waals surface area contributed by atoms with Gasteiger partial charge < -0.3 is 4.42 Å². The third kappa shape index (κ3) is 2.95. The van der Waals surface area contributed by atoms with Crippen LogP contribution in [0, 0.1) is 0 Å². The maximum absolute atomic E-state index is 15.4. The fourth-order valence-electron chi connectivity index (χ4n) is 3.95. The zero-order valence-corrected chi connectivity index (χ0v) is 15.6. The molecule has 1 aliphatic carbocycles. The SMILES string of the molecule is FC1(c2cc(C(F)(F)C(F)(F)F)c3ccc4nc(-c5nnco5)cn4c3n2)CCCC1. The summed E-state index contributed by atoms with van der Waals surface area (Å²) in [4.78, 5) is 8.40. The number of imidazole rings is 1. The van der Waals surface area contributed by atoms with Gasteiger partial charge in [0.15, 0.2) is 5.67 Å². The molecular formula is C19H13F6N5O. The van der Waals surface area contributed by atoms with Gasteiger partial charge in [-0.05, 0) is 43.9 Å². The van der Waals surface area contributed by atoms with E-state index in [1.807, 2.05) is 0 Å². The first-order valence-corrected chi connectivity index (χ1v) is 9.34. The van der Waals surface area contributed by atoms with Crippen LogP contribution >= 0.6 is 0 Å². The highest BCUT2D eigenvalue weighted by atomic mass is 19.4. The Bertz CT molecular complexity index is 1270. The maximum atomic E-state index is 15.4. The third-order valence-corrected chi connectivity index (χ3v) is 5.53. The van der Waals surface area contributed by atoms with Gasteiger partial charge in [0.05, 0.1) is 5.69 Å². The first kappa shape index (κ1) is 19.8. The second-order valence-electron chi connectivity index (χ2n) is 7.47. The lowest BCUT2D eigenvalue weighted by atomic mass is 9.94. The van der Waals surface area contributed by atoms with Gasteiger partial charge in [0.2, 0.25) is 6.39 Å². The number of hydrogen-bond acceptors (Lipinski definition) is 5. The van der Waals surface area contributed by atoms with E-state index in [0.717, 1.165) is 12.5 Å². The third-order valence-electron chi connectivity index (χ3n) is 5.53. The van der Waals surface area contributed by atoms with Crippen LogP contribution in [-0.2, 0) is 11.6 Å². The molecule has 0 aliphatic heterocycles. The van der Waals surface area contributed by atoms with Crippen molar-refractivity contribution in [2.75, 3.05) is 0 Å². The van der Waals surface area contributed by atoms with Crippen molar-refractivity contribution in [1.29, 1.82) is 0 Å². The van der Waals surface area contributed by atoms with Gasteiger partial charge in [-0.1, -0.05) is 0 Å². The molecular weight excluding hydrogens is 428 g/mol. The van der Waals surface area contributed by atoms with Gasteiger partial charge >= 0.3 is 12.1 Å². The van der Waals surface area contributed by atoms with Crippen molar-refractivity contribution in [3.05, 3.63) is 42.0 Å². The number of hydrogen-bond donors (Lipinski definition) is 0. The molecule has 4 aromatic rings. The summed E-state index contributed by atoms with van der Waals surface area (Å²) in [6.45, 7) is 0. The molecule has 0 unspecified atom stereocenters. The minimum Gasteiger partial charge on any atom is -0.422 e. The molecule has 0 aromatic carbocycles. The smallest absolute Gasteiger partial charge is 0.422 e. The summed E-state index contributed by atoms with van der Waals surface area (Å²) in [7, 11) is 0. The Balaban J connectivity index is 1.84. The minimum absolute atomic E-state index is 0.00429. The van der Waals surface area contributed by atoms with E-state index in [1.54, 1.807) is 0 Å². The second-order valence-corrected chi connectivity index (χ2v) is 7.47. The summed E-state index contributed by atoms with van der Waals surface area (Å²) in [6, 6.07) is 2.88. The summed E-state index contributed by atoms with van der Waals surface area (Å²) in [5.74, 6) is -5.19. The molecule has 1 fully saturated rings. The Labute approximate surface area is 169 Å². The fourth-order valence-corrected chi connectivity index (χ4v) is 3.95. The van der Waals surface area contributed by atoms with Crippen molar-refractivity contribution >= 4 is 16.7 Å². The van der Waals surface area contributed by atoms with Crippen LogP contribution in [0.25, 0.3) is 28.3 Å². The molecule has 0 N–H and O–H groups in total. The number of nitrogens with zero attached hydrogens (tertiary/aromatic N) is 5. The quantitative estimate of drug-likeness (QED) is 0.402. The predicted octanol–water partition coefficient (Wildman–Crippen LogP) is 5.33. The van der Waals surface area contributed by atoms with Gasteiger partial charge in [0.25, 0.3) is 5.89 Å². The van der Waals surface area contributed by atoms with E-state index in [-0.39, 0.29) is 35.7 Å². The van der Waals surface area contributed by atoms with Gasteiger partial charge in [0, 0.05) is 17.1 Å². The van der Waals surface area contributed by atoms with Crippen molar-refractivity contribution in [3.8, 4) is 11.6 Å². The molecule has 12 heteroatoms. The largest absolute Gasteiger partial charge is 0.458 e. The second kappa shape index (κ2) is 6.41. The number of alkyl halides is 6. The minimum atomic E-state index is -5.86. The lowest BCUT2D eigenvalue weighted by Gasteiger charge is -2.25. The highest BCUT2D eigenvalue weighted by molar-refractivity contribution is 5.84. The average molecular weight is 441 g/mol. The number of halogens is 6. The summed E-state index contributed by atoms with van der Waals surface area (Å²) in [5.41, 5.74) is -3.79. The molecule has 4 heterocycles. The molecule has 0 amide bonds. The molecule has 1 saturated carbocycles. The first-order valence-electron chi connectivity index (χ1n) is 9.34. The van der Waals surface area contributed by atoms with E-state index >= 15 is 4.39 Å². The van der Waals surface area contributed by atoms with Crippen molar-refractivity contribution < 1.29 is 30.8 Å². The Hall–Kier alpha value is -3.18. The topological polar surface area (TPSA) is 69.1 Å². The molecule has 0 atom stereocenters. The molecule has 5 rings (SSSR count). The van der Waals surface area contributed by atoms with Crippen LogP contribution in [0.2, 0.25) is 0 Å². The molecule has 6 nitrogen and oxygen atoms in total. The van der Waals surface area contributed by atoms with E-state index in [0.29, 0.717) is 18.9 Å². The van der Waals surface area contributed by atoms with Crippen LogP contribution in [0.3, 0.4) is 0 Å². The molecule has 0 radical (unpaired) electrons. The number of fused-ring (bicyclic) bond motifs is 3. The molecule has 0 spiro atoms. The van der Waals surface area contributed by atoms with Crippen molar-refractivity contribution in [2.45, 2.75) is 43.5 Å². The van der Waals surface area contributed by atoms with Crippen molar-refractivity contribution in [3.63, 3.8) is 0 Å². The molecule has 4 aromatic heterocycles. The monoisotopic (exact) mass is 441 g/mol. The summed E-state index contributed by atoms with van der Waals surface area (Å²) in [6.07, 6.45) is -2.53. The lowest BCUT2D eigenvalue weighted by molar-refractivity contribution is -0.288. The normalized spacial score (nSPS) is 17.1. The molecule has 162 valence electrons. The van der Waals surface area contributed by atoms with E-state index in [1.165, 1.54) is 16.7 Å². The van der Waals surface area contributed by atoms with Crippen LogP contribution in [0.15, 0.2) is 35.2 Å². The van der Waals surface area contributed by atoms with E-state index in [2.05, 4.69) is 20.2 Å². The van der Waals surface area contributed by atoms with Crippen LogP contribution in [0.4, 0.5) is 26.3 Å². The summed E-state index contributed by atoms with van der Waals surface area (Å²) in [5, 5.41) is 6.76. The predicted molar refractivity (Wildman–Crippen MR) is 95.0 cm³/mol. The van der Waals surface area contributed by atoms with Gasteiger partial charge in [-0.25, -0.2) is 14.4 Å².